The average Bonchev–Trinajstić information content (AvgIpc) is 3.22. The van der Waals surface area contributed by atoms with E-state index in [1.807, 2.05) is 30.3 Å². The van der Waals surface area contributed by atoms with Crippen LogP contribution in [0.15, 0.2) is 77.1 Å². The largest absolute Gasteiger partial charge is 0.360 e. The molecule has 0 spiro atoms. The van der Waals surface area contributed by atoms with Crippen LogP contribution in [0.3, 0.4) is 0 Å². The van der Waals surface area contributed by atoms with Crippen LogP contribution in [0.4, 0.5) is 11.4 Å². The van der Waals surface area contributed by atoms with Crippen LogP contribution in [-0.2, 0) is 16.6 Å². The van der Waals surface area contributed by atoms with Crippen molar-refractivity contribution in [2.24, 2.45) is 0 Å². The van der Waals surface area contributed by atoms with Crippen LogP contribution in [0.2, 0.25) is 0 Å². The second kappa shape index (κ2) is 7.89. The second-order valence-corrected chi connectivity index (χ2v) is 9.49. The zero-order valence-electron chi connectivity index (χ0n) is 16.0. The van der Waals surface area contributed by atoms with Crippen molar-refractivity contribution >= 4 is 44.3 Å². The van der Waals surface area contributed by atoms with Gasteiger partial charge in [-0.3, -0.25) is 13.9 Å². The Morgan fingerprint density at radius 3 is 2.43 bits per heavy atom. The van der Waals surface area contributed by atoms with E-state index < -0.39 is 15.8 Å². The van der Waals surface area contributed by atoms with Crippen LogP contribution in [0.5, 0.6) is 0 Å². The highest BCUT2D eigenvalue weighted by Crippen LogP contribution is 2.39. The molecule has 1 aromatic heterocycles. The smallest absolute Gasteiger partial charge is 0.270 e. The first kappa shape index (κ1) is 20.1. The summed E-state index contributed by atoms with van der Waals surface area (Å²) in [5.74, 6) is -0.594. The number of allylic oxidation sites excluding steroid dienone is 1. The Balaban J connectivity index is 1.70. The summed E-state index contributed by atoms with van der Waals surface area (Å²) < 4.78 is 27.9. The number of benzene rings is 2. The van der Waals surface area contributed by atoms with Crippen LogP contribution < -0.4 is 9.62 Å². The van der Waals surface area contributed by atoms with Gasteiger partial charge in [-0.2, -0.15) is 0 Å². The van der Waals surface area contributed by atoms with Gasteiger partial charge in [-0.25, -0.2) is 8.42 Å². The van der Waals surface area contributed by atoms with Crippen LogP contribution in [0, 0.1) is 0 Å². The normalized spacial score (nSPS) is 16.4. The fraction of sp³-hybridized carbons (Fsp3) is 0.0909. The number of fused-ring (bicyclic) bond motifs is 1. The van der Waals surface area contributed by atoms with E-state index in [0.29, 0.717) is 21.8 Å². The van der Waals surface area contributed by atoms with Crippen molar-refractivity contribution in [1.29, 1.82) is 0 Å². The molecule has 1 N–H and O–H groups in total. The van der Waals surface area contributed by atoms with Crippen molar-refractivity contribution in [1.82, 2.24) is 0 Å². The number of carbonyl (C=O) groups excluding carboxylic acids is 2. The van der Waals surface area contributed by atoms with Gasteiger partial charge >= 0.3 is 0 Å². The molecule has 6 nitrogen and oxygen atoms in total. The molecule has 0 atom stereocenters. The maximum atomic E-state index is 13.3. The summed E-state index contributed by atoms with van der Waals surface area (Å²) in [6.45, 7) is 1.60. The fourth-order valence-corrected chi connectivity index (χ4v) is 5.64. The minimum atomic E-state index is -4.05. The average molecular weight is 439 g/mol. The number of Topliss-reactive ketones (excluding diaryl/α,β-unsaturated/α-hetero) is 2. The molecule has 152 valence electrons. The van der Waals surface area contributed by atoms with Crippen LogP contribution >= 0.6 is 11.3 Å². The van der Waals surface area contributed by atoms with Gasteiger partial charge in [-0.05, 0) is 48.2 Å². The Labute approximate surface area is 178 Å². The van der Waals surface area contributed by atoms with Gasteiger partial charge in [0.1, 0.15) is 4.88 Å². The Hall–Kier alpha value is -3.23. The Morgan fingerprint density at radius 1 is 1.07 bits per heavy atom. The number of hydrogen-bond acceptors (Lipinski definition) is 6. The van der Waals surface area contributed by atoms with Gasteiger partial charge in [0.05, 0.1) is 12.2 Å². The van der Waals surface area contributed by atoms with Gasteiger partial charge in [0.15, 0.2) is 10.7 Å². The van der Waals surface area contributed by atoms with E-state index in [4.69, 9.17) is 0 Å². The number of hydrogen-bond donors (Lipinski definition) is 1. The third-order valence-electron chi connectivity index (χ3n) is 4.74. The molecule has 1 aliphatic heterocycles. The molecule has 0 unspecified atom stereocenters. The zero-order valence-corrected chi connectivity index (χ0v) is 17.7. The third-order valence-corrected chi connectivity index (χ3v) is 7.41. The molecule has 0 amide bonds. The molecule has 0 saturated heterocycles. The number of sulfonamides is 1. The van der Waals surface area contributed by atoms with Gasteiger partial charge in [0, 0.05) is 17.5 Å². The summed E-state index contributed by atoms with van der Waals surface area (Å²) in [4.78, 5) is 24.4. The molecular weight excluding hydrogens is 420 g/mol. The van der Waals surface area contributed by atoms with E-state index in [2.05, 4.69) is 5.32 Å². The van der Waals surface area contributed by atoms with Crippen LogP contribution in [-0.4, -0.2) is 20.0 Å². The zero-order chi connectivity index (χ0) is 21.3. The quantitative estimate of drug-likeness (QED) is 0.470. The van der Waals surface area contributed by atoms with Gasteiger partial charge in [0.25, 0.3) is 10.0 Å². The first-order valence-electron chi connectivity index (χ1n) is 9.14. The lowest BCUT2D eigenvalue weighted by molar-refractivity contribution is 0.101. The van der Waals surface area contributed by atoms with E-state index in [0.717, 1.165) is 5.56 Å². The summed E-state index contributed by atoms with van der Waals surface area (Å²) in [5, 5.41) is 4.59. The molecular formula is C22H18N2O4S2. The molecule has 4 rings (SSSR count). The van der Waals surface area contributed by atoms with E-state index in [-0.39, 0.29) is 17.2 Å². The minimum Gasteiger partial charge on any atom is -0.360 e. The first-order chi connectivity index (χ1) is 14.4. The molecule has 1 aliphatic rings. The molecule has 2 heterocycles. The predicted octanol–water partition coefficient (Wildman–Crippen LogP) is 4.44. The molecule has 30 heavy (non-hydrogen) atoms. The fourth-order valence-electron chi connectivity index (χ4n) is 3.16. The lowest BCUT2D eigenvalue weighted by atomic mass is 10.1. The van der Waals surface area contributed by atoms with E-state index in [9.17, 15) is 18.0 Å². The lowest BCUT2D eigenvalue weighted by Gasteiger charge is -2.29. The molecule has 0 radical (unpaired) electrons. The summed E-state index contributed by atoms with van der Waals surface area (Å²) in [6.07, 6.45) is 1.22. The molecule has 0 saturated carbocycles. The molecule has 0 aliphatic carbocycles. The van der Waals surface area contributed by atoms with Gasteiger partial charge in [0.2, 0.25) is 5.78 Å². The van der Waals surface area contributed by atoms with Crippen LogP contribution in [0.25, 0.3) is 0 Å². The van der Waals surface area contributed by atoms with Crippen molar-refractivity contribution in [3.8, 4) is 0 Å². The summed E-state index contributed by atoms with van der Waals surface area (Å²) >= 11 is 1.22. The summed E-state index contributed by atoms with van der Waals surface area (Å²) in [7, 11) is -4.05. The van der Waals surface area contributed by atoms with Crippen molar-refractivity contribution < 1.29 is 18.0 Å². The highest BCUT2D eigenvalue weighted by atomic mass is 32.2. The number of ketones is 2. The maximum absolute atomic E-state index is 13.3. The number of anilines is 2. The van der Waals surface area contributed by atoms with Gasteiger partial charge < -0.3 is 5.32 Å². The van der Waals surface area contributed by atoms with E-state index >= 15 is 0 Å². The van der Waals surface area contributed by atoms with Crippen molar-refractivity contribution in [2.75, 3.05) is 9.62 Å². The molecule has 3 aromatic rings. The number of rotatable bonds is 5. The van der Waals surface area contributed by atoms with Gasteiger partial charge in [-0.15, -0.1) is 11.3 Å². The van der Waals surface area contributed by atoms with E-state index in [1.165, 1.54) is 28.8 Å². The third kappa shape index (κ3) is 3.67. The monoisotopic (exact) mass is 438 g/mol. The number of nitrogens with one attached hydrogen (secondary N) is 1. The highest BCUT2D eigenvalue weighted by molar-refractivity contribution is 7.97. The molecule has 0 bridgehead atoms. The van der Waals surface area contributed by atoms with Crippen molar-refractivity contribution in [3.05, 3.63) is 93.2 Å². The van der Waals surface area contributed by atoms with Crippen molar-refractivity contribution in [2.45, 2.75) is 13.5 Å². The second-order valence-electron chi connectivity index (χ2n) is 6.75. The number of thiophene rings is 1. The number of carbonyl (C=O) groups is 2. The minimum absolute atomic E-state index is 0.0632. The Bertz CT molecular complexity index is 1240. The SMILES string of the molecule is CC(=O)c1ccc(NC=C2C(=O)c3sccc3N(Cc3ccccc3)S2(=O)=O)cc1. The van der Waals surface area contributed by atoms with Crippen LogP contribution in [0.1, 0.15) is 32.5 Å². The Morgan fingerprint density at radius 2 is 1.77 bits per heavy atom. The predicted molar refractivity (Wildman–Crippen MR) is 118 cm³/mol. The maximum Gasteiger partial charge on any atom is 0.270 e. The van der Waals surface area contributed by atoms with Crippen molar-refractivity contribution in [3.63, 3.8) is 0 Å². The number of nitrogens with zero attached hydrogens (tertiary/aromatic N) is 1. The highest BCUT2D eigenvalue weighted by Gasteiger charge is 2.41. The Kier molecular flexibility index (Phi) is 5.27. The topological polar surface area (TPSA) is 83.6 Å². The molecule has 0 fully saturated rings. The first-order valence-corrected chi connectivity index (χ1v) is 11.5. The summed E-state index contributed by atoms with van der Waals surface area (Å²) in [6, 6.07) is 17.5. The van der Waals surface area contributed by atoms with E-state index in [1.54, 1.807) is 35.7 Å². The lowest BCUT2D eigenvalue weighted by Crippen LogP contribution is -2.38. The molecule has 8 heteroatoms. The summed E-state index contributed by atoms with van der Waals surface area (Å²) in [5.41, 5.74) is 2.34. The standard InChI is InChI=1S/C22H18N2O4S2/c1-15(25)17-7-9-18(10-8-17)23-13-20-21(26)22-19(11-12-29-22)24(30(20,27)28)14-16-5-3-2-4-6-16/h2-13,23H,14H2,1H3. The molecule has 2 aromatic carbocycles. The van der Waals surface area contributed by atoms with Gasteiger partial charge in [-0.1, -0.05) is 30.3 Å².